The molecule has 0 fully saturated rings. The first-order valence-electron chi connectivity index (χ1n) is 11.5. The number of carbonyl (C=O) groups is 1. The van der Waals surface area contributed by atoms with Crippen LogP contribution in [0.3, 0.4) is 0 Å². The van der Waals surface area contributed by atoms with Gasteiger partial charge in [-0.25, -0.2) is 4.79 Å². The highest BCUT2D eigenvalue weighted by Crippen LogP contribution is 2.43. The molecule has 0 amide bonds. The maximum absolute atomic E-state index is 12.9. The Kier molecular flexibility index (Phi) is 6.88. The summed E-state index contributed by atoms with van der Waals surface area (Å²) in [6.07, 6.45) is 6.23. The van der Waals surface area contributed by atoms with Crippen molar-refractivity contribution in [1.29, 1.82) is 0 Å². The number of nitrogens with zero attached hydrogens (tertiary/aromatic N) is 3. The van der Waals surface area contributed by atoms with E-state index in [9.17, 15) is 9.59 Å². The van der Waals surface area contributed by atoms with E-state index >= 15 is 0 Å². The van der Waals surface area contributed by atoms with Crippen LogP contribution >= 0.6 is 0 Å². The fourth-order valence-corrected chi connectivity index (χ4v) is 4.52. The normalized spacial score (nSPS) is 14.6. The number of benzene rings is 1. The van der Waals surface area contributed by atoms with Gasteiger partial charge in [0, 0.05) is 48.3 Å². The van der Waals surface area contributed by atoms with Crippen LogP contribution in [0.25, 0.3) is 22.4 Å². The van der Waals surface area contributed by atoms with Gasteiger partial charge in [-0.15, -0.1) is 0 Å². The van der Waals surface area contributed by atoms with E-state index in [0.29, 0.717) is 18.9 Å². The highest BCUT2D eigenvalue weighted by molar-refractivity contribution is 5.89. The average Bonchev–Trinajstić information content (AvgIpc) is 3.29. The predicted octanol–water partition coefficient (Wildman–Crippen LogP) is 3.96. The van der Waals surface area contributed by atoms with Crippen molar-refractivity contribution in [2.24, 2.45) is 5.92 Å². The number of fused-ring (bicyclic) bond motifs is 3. The topological polar surface area (TPSA) is 84.6 Å². The van der Waals surface area contributed by atoms with E-state index < -0.39 is 5.97 Å². The number of rotatable bonds is 8. The summed E-state index contributed by atoms with van der Waals surface area (Å²) in [5.74, 6) is 0.391. The van der Waals surface area contributed by atoms with Crippen LogP contribution in [0.4, 0.5) is 0 Å². The van der Waals surface area contributed by atoms with Crippen molar-refractivity contribution in [1.82, 2.24) is 14.3 Å². The molecule has 1 atom stereocenters. The Morgan fingerprint density at radius 3 is 2.65 bits per heavy atom. The first-order valence-corrected chi connectivity index (χ1v) is 11.5. The molecule has 1 aromatic carbocycles. The second-order valence-electron chi connectivity index (χ2n) is 8.77. The van der Waals surface area contributed by atoms with Gasteiger partial charge in [-0.3, -0.25) is 9.48 Å². The predicted molar refractivity (Wildman–Crippen MR) is 129 cm³/mol. The van der Waals surface area contributed by atoms with E-state index in [1.54, 1.807) is 33.4 Å². The van der Waals surface area contributed by atoms with Crippen LogP contribution in [-0.2, 0) is 22.4 Å². The summed E-state index contributed by atoms with van der Waals surface area (Å²) in [6, 6.07) is 5.74. The molecule has 1 aliphatic rings. The lowest BCUT2D eigenvalue weighted by Gasteiger charge is -2.34. The van der Waals surface area contributed by atoms with Crippen molar-refractivity contribution in [2.75, 3.05) is 27.4 Å². The Hall–Kier alpha value is -3.39. The van der Waals surface area contributed by atoms with Gasteiger partial charge < -0.3 is 18.8 Å². The van der Waals surface area contributed by atoms with Crippen molar-refractivity contribution in [3.63, 3.8) is 0 Å². The summed E-state index contributed by atoms with van der Waals surface area (Å²) in [7, 11) is 3.30. The number of aromatic nitrogens is 3. The highest BCUT2D eigenvalue weighted by Gasteiger charge is 2.29. The number of ether oxygens (including phenoxy) is 3. The zero-order valence-corrected chi connectivity index (χ0v) is 20.3. The summed E-state index contributed by atoms with van der Waals surface area (Å²) in [6.45, 7) is 7.48. The minimum absolute atomic E-state index is 0.0618. The molecule has 0 saturated heterocycles. The van der Waals surface area contributed by atoms with Crippen LogP contribution < -0.4 is 10.2 Å². The molecule has 3 aromatic rings. The SMILES string of the molecule is CCOC(=O)c1cn2c(cc1=O)-c1cc(OC)c(-c3cnn(CCOC)c3)cc1CC2C(C)C. The van der Waals surface area contributed by atoms with E-state index in [1.807, 2.05) is 27.7 Å². The number of hydrogen-bond donors (Lipinski definition) is 0. The van der Waals surface area contributed by atoms with Crippen LogP contribution in [0.5, 0.6) is 5.75 Å². The van der Waals surface area contributed by atoms with Gasteiger partial charge in [0.15, 0.2) is 5.43 Å². The summed E-state index contributed by atoms with van der Waals surface area (Å²) in [4.78, 5) is 25.2. The van der Waals surface area contributed by atoms with Gasteiger partial charge in [-0.2, -0.15) is 5.10 Å². The minimum atomic E-state index is -0.588. The molecule has 0 spiro atoms. The first-order chi connectivity index (χ1) is 16.4. The molecule has 0 radical (unpaired) electrons. The Bertz CT molecular complexity index is 1260. The van der Waals surface area contributed by atoms with Gasteiger partial charge in [0.1, 0.15) is 11.3 Å². The van der Waals surface area contributed by atoms with Gasteiger partial charge in [-0.05, 0) is 37.0 Å². The van der Waals surface area contributed by atoms with Gasteiger partial charge in [0.2, 0.25) is 0 Å². The molecule has 180 valence electrons. The standard InChI is InChI=1S/C26H31N3O5/c1-6-34-26(31)21-15-29-22(16(2)3)10-17-9-20(18-13-27-28(14-18)7-8-32-4)25(33-5)11-19(17)23(29)12-24(21)30/h9,11-16,22H,6-8,10H2,1-5H3. The van der Waals surface area contributed by atoms with Gasteiger partial charge in [0.05, 0.1) is 38.8 Å². The summed E-state index contributed by atoms with van der Waals surface area (Å²) < 4.78 is 19.9. The Morgan fingerprint density at radius 1 is 1.18 bits per heavy atom. The Morgan fingerprint density at radius 2 is 1.97 bits per heavy atom. The summed E-state index contributed by atoms with van der Waals surface area (Å²) in [5, 5.41) is 4.44. The Balaban J connectivity index is 1.85. The van der Waals surface area contributed by atoms with Gasteiger partial charge in [0.25, 0.3) is 0 Å². The molecular weight excluding hydrogens is 434 g/mol. The summed E-state index contributed by atoms with van der Waals surface area (Å²) in [5.41, 5.74) is 4.45. The number of methoxy groups -OCH3 is 2. The number of hydrogen-bond acceptors (Lipinski definition) is 6. The second-order valence-corrected chi connectivity index (χ2v) is 8.77. The number of carbonyl (C=O) groups excluding carboxylic acids is 1. The molecule has 3 heterocycles. The molecule has 0 N–H and O–H groups in total. The number of esters is 1. The molecule has 0 saturated carbocycles. The number of pyridine rings is 1. The van der Waals surface area contributed by atoms with Crippen molar-refractivity contribution >= 4 is 5.97 Å². The third-order valence-corrected chi connectivity index (χ3v) is 6.30. The molecule has 1 unspecified atom stereocenters. The molecule has 0 bridgehead atoms. The molecule has 2 aromatic heterocycles. The van der Waals surface area contributed by atoms with Crippen molar-refractivity contribution in [3.8, 4) is 28.1 Å². The van der Waals surface area contributed by atoms with Gasteiger partial charge in [-0.1, -0.05) is 13.8 Å². The first kappa shape index (κ1) is 23.8. The van der Waals surface area contributed by atoms with Crippen LogP contribution in [0.2, 0.25) is 0 Å². The fourth-order valence-electron chi connectivity index (χ4n) is 4.52. The van der Waals surface area contributed by atoms with Crippen molar-refractivity contribution in [2.45, 2.75) is 39.8 Å². The summed E-state index contributed by atoms with van der Waals surface area (Å²) >= 11 is 0. The Labute approximate surface area is 199 Å². The average molecular weight is 466 g/mol. The maximum atomic E-state index is 12.9. The molecule has 0 aliphatic carbocycles. The lowest BCUT2D eigenvalue weighted by molar-refractivity contribution is 0.0523. The van der Waals surface area contributed by atoms with Crippen LogP contribution in [-0.4, -0.2) is 47.8 Å². The quantitative estimate of drug-likeness (QED) is 0.468. The van der Waals surface area contributed by atoms with E-state index in [-0.39, 0.29) is 29.6 Å². The van der Waals surface area contributed by atoms with Crippen LogP contribution in [0.1, 0.15) is 42.7 Å². The van der Waals surface area contributed by atoms with E-state index in [4.69, 9.17) is 14.2 Å². The molecular formula is C26H31N3O5. The largest absolute Gasteiger partial charge is 0.496 e. The molecule has 8 nitrogen and oxygen atoms in total. The van der Waals surface area contributed by atoms with E-state index in [2.05, 4.69) is 25.0 Å². The molecule has 34 heavy (non-hydrogen) atoms. The third kappa shape index (κ3) is 4.37. The third-order valence-electron chi connectivity index (χ3n) is 6.30. The monoisotopic (exact) mass is 465 g/mol. The van der Waals surface area contributed by atoms with Crippen molar-refractivity contribution in [3.05, 3.63) is 58.1 Å². The smallest absolute Gasteiger partial charge is 0.343 e. The van der Waals surface area contributed by atoms with E-state index in [0.717, 1.165) is 34.4 Å². The van der Waals surface area contributed by atoms with Crippen LogP contribution in [0.15, 0.2) is 41.6 Å². The lowest BCUT2D eigenvalue weighted by Crippen LogP contribution is -2.28. The molecule has 4 rings (SSSR count). The lowest BCUT2D eigenvalue weighted by atomic mass is 9.85. The second kappa shape index (κ2) is 9.85. The zero-order valence-electron chi connectivity index (χ0n) is 20.3. The van der Waals surface area contributed by atoms with Crippen molar-refractivity contribution < 1.29 is 19.0 Å². The van der Waals surface area contributed by atoms with Gasteiger partial charge >= 0.3 is 5.97 Å². The minimum Gasteiger partial charge on any atom is -0.496 e. The maximum Gasteiger partial charge on any atom is 0.343 e. The zero-order chi connectivity index (χ0) is 24.4. The van der Waals surface area contributed by atoms with E-state index in [1.165, 1.54) is 0 Å². The van der Waals surface area contributed by atoms with Crippen LogP contribution in [0, 0.1) is 5.92 Å². The fraction of sp³-hybridized carbons (Fsp3) is 0.423. The molecule has 8 heteroatoms. The molecule has 1 aliphatic heterocycles. The highest BCUT2D eigenvalue weighted by atomic mass is 16.5.